The van der Waals surface area contributed by atoms with Crippen LogP contribution in [-0.4, -0.2) is 41.0 Å². The zero-order valence-electron chi connectivity index (χ0n) is 12.7. The minimum Gasteiger partial charge on any atom is -0.465 e. The Bertz CT molecular complexity index is 726. The van der Waals surface area contributed by atoms with Crippen molar-refractivity contribution in [3.8, 4) is 0 Å². The lowest BCUT2D eigenvalue weighted by Gasteiger charge is -2.04. The number of nitrogens with zero attached hydrogens (tertiary/aromatic N) is 2. The molecule has 22 heavy (non-hydrogen) atoms. The Balaban J connectivity index is 2.02. The van der Waals surface area contributed by atoms with Crippen molar-refractivity contribution in [2.75, 3.05) is 19.7 Å². The van der Waals surface area contributed by atoms with Gasteiger partial charge in [0.2, 0.25) is 0 Å². The summed E-state index contributed by atoms with van der Waals surface area (Å²) >= 11 is 6.14. The first kappa shape index (κ1) is 15.1. The number of benzene rings is 1. The number of carbonyl (C=O) groups is 1. The van der Waals surface area contributed by atoms with Crippen LogP contribution in [0.1, 0.15) is 25.3 Å². The van der Waals surface area contributed by atoms with Crippen molar-refractivity contribution in [3.05, 3.63) is 35.0 Å². The molecular weight excluding hydrogens is 300 g/mol. The van der Waals surface area contributed by atoms with Crippen molar-refractivity contribution >= 4 is 34.7 Å². The van der Waals surface area contributed by atoms with Gasteiger partial charge in [0.05, 0.1) is 12.2 Å². The number of hydrogen-bond donors (Lipinski definition) is 0. The van der Waals surface area contributed by atoms with Crippen molar-refractivity contribution in [2.45, 2.75) is 26.3 Å². The van der Waals surface area contributed by atoms with Gasteiger partial charge >= 0.3 is 5.97 Å². The third-order valence-corrected chi connectivity index (χ3v) is 4.18. The van der Waals surface area contributed by atoms with Gasteiger partial charge in [0.1, 0.15) is 19.6 Å². The van der Waals surface area contributed by atoms with Gasteiger partial charge in [0.15, 0.2) is 6.21 Å². The first-order valence-electron chi connectivity index (χ1n) is 7.70. The fourth-order valence-electron chi connectivity index (χ4n) is 2.94. The summed E-state index contributed by atoms with van der Waals surface area (Å²) in [6, 6.07) is 5.77. The normalized spacial score (nSPS) is 14.5. The van der Waals surface area contributed by atoms with E-state index in [-0.39, 0.29) is 12.5 Å². The fraction of sp³-hybridized carbons (Fsp3) is 0.412. The summed E-state index contributed by atoms with van der Waals surface area (Å²) < 4.78 is 9.31. The zero-order chi connectivity index (χ0) is 15.5. The first-order chi connectivity index (χ1) is 10.7. The molecule has 0 atom stereocenters. The standard InChI is InChI=1S/C17H20ClN2O2/c1-2-22-17(21)12-20-11-13(10-19-7-3-4-8-19)15-9-14(18)5-6-16(15)20/h5-6,9-11H,2-4,7-8,12H2,1H3/q+1. The van der Waals surface area contributed by atoms with E-state index in [0.717, 1.165) is 29.6 Å². The molecule has 1 aliphatic rings. The molecule has 5 heteroatoms. The highest BCUT2D eigenvalue weighted by Crippen LogP contribution is 2.24. The van der Waals surface area contributed by atoms with Crippen LogP contribution in [0.25, 0.3) is 10.9 Å². The topological polar surface area (TPSA) is 34.2 Å². The van der Waals surface area contributed by atoms with Gasteiger partial charge < -0.3 is 9.30 Å². The van der Waals surface area contributed by atoms with Crippen LogP contribution in [0.5, 0.6) is 0 Å². The number of hydrogen-bond acceptors (Lipinski definition) is 2. The predicted octanol–water partition coefficient (Wildman–Crippen LogP) is 3.08. The van der Waals surface area contributed by atoms with Gasteiger partial charge in [-0.2, -0.15) is 0 Å². The van der Waals surface area contributed by atoms with Crippen LogP contribution in [0, 0.1) is 0 Å². The largest absolute Gasteiger partial charge is 0.465 e. The van der Waals surface area contributed by atoms with Gasteiger partial charge in [-0.25, -0.2) is 4.58 Å². The third-order valence-electron chi connectivity index (χ3n) is 3.94. The number of aromatic nitrogens is 1. The van der Waals surface area contributed by atoms with Crippen LogP contribution < -0.4 is 0 Å². The molecule has 1 aromatic carbocycles. The van der Waals surface area contributed by atoms with Gasteiger partial charge in [0.25, 0.3) is 0 Å². The summed E-state index contributed by atoms with van der Waals surface area (Å²) in [5.41, 5.74) is 2.10. The predicted molar refractivity (Wildman–Crippen MR) is 88.0 cm³/mol. The molecule has 2 heterocycles. The van der Waals surface area contributed by atoms with E-state index in [9.17, 15) is 4.79 Å². The highest BCUT2D eigenvalue weighted by atomic mass is 35.5. The number of ether oxygens (including phenoxy) is 1. The number of esters is 1. The van der Waals surface area contributed by atoms with Crippen LogP contribution in [-0.2, 0) is 16.1 Å². The molecule has 0 N–H and O–H groups in total. The van der Waals surface area contributed by atoms with Gasteiger partial charge in [-0.15, -0.1) is 0 Å². The second-order valence-corrected chi connectivity index (χ2v) is 5.99. The van der Waals surface area contributed by atoms with Crippen molar-refractivity contribution < 1.29 is 14.1 Å². The SMILES string of the molecule is CCOC(=O)Cn1cc(C=[N+]2CCCC2)c2cc(Cl)ccc21. The molecule has 2 aromatic rings. The minimum absolute atomic E-state index is 0.220. The Kier molecular flexibility index (Phi) is 4.48. The number of rotatable bonds is 4. The summed E-state index contributed by atoms with van der Waals surface area (Å²) in [4.78, 5) is 11.8. The Morgan fingerprint density at radius 2 is 2.18 bits per heavy atom. The van der Waals surface area contributed by atoms with Crippen molar-refractivity contribution in [2.24, 2.45) is 0 Å². The van der Waals surface area contributed by atoms with Crippen molar-refractivity contribution in [3.63, 3.8) is 0 Å². The molecule has 0 radical (unpaired) electrons. The van der Waals surface area contributed by atoms with Gasteiger partial charge in [-0.1, -0.05) is 11.6 Å². The molecule has 0 amide bonds. The summed E-state index contributed by atoms with van der Waals surface area (Å²) in [6.07, 6.45) is 6.65. The average Bonchev–Trinajstić information content (AvgIpc) is 3.09. The maximum Gasteiger partial charge on any atom is 0.325 e. The summed E-state index contributed by atoms with van der Waals surface area (Å²) in [5, 5.41) is 1.78. The Labute approximate surface area is 134 Å². The van der Waals surface area contributed by atoms with Crippen LogP contribution in [0.3, 0.4) is 0 Å². The smallest absolute Gasteiger partial charge is 0.325 e. The molecule has 116 valence electrons. The summed E-state index contributed by atoms with van der Waals surface area (Å²) in [5.74, 6) is -0.220. The lowest BCUT2D eigenvalue weighted by atomic mass is 10.2. The molecule has 0 saturated carbocycles. The second kappa shape index (κ2) is 6.53. The quantitative estimate of drug-likeness (QED) is 0.641. The summed E-state index contributed by atoms with van der Waals surface area (Å²) in [7, 11) is 0. The van der Waals surface area contributed by atoms with Crippen LogP contribution in [0.15, 0.2) is 24.4 Å². The summed E-state index contributed by atoms with van der Waals surface area (Å²) in [6.45, 7) is 4.62. The minimum atomic E-state index is -0.220. The average molecular weight is 320 g/mol. The number of carbonyl (C=O) groups excluding carboxylic acids is 1. The monoisotopic (exact) mass is 319 g/mol. The molecular formula is C17H20ClN2O2+. The number of halogens is 1. The van der Waals surface area contributed by atoms with E-state index in [0.29, 0.717) is 11.6 Å². The lowest BCUT2D eigenvalue weighted by Crippen LogP contribution is -2.12. The van der Waals surface area contributed by atoms with E-state index in [1.807, 2.05) is 35.9 Å². The van der Waals surface area contributed by atoms with Crippen LogP contribution in [0.2, 0.25) is 5.02 Å². The van der Waals surface area contributed by atoms with Crippen LogP contribution in [0.4, 0.5) is 0 Å². The Morgan fingerprint density at radius 3 is 2.91 bits per heavy atom. The molecule has 0 aliphatic carbocycles. The van der Waals surface area contributed by atoms with E-state index in [1.165, 1.54) is 12.8 Å². The maximum atomic E-state index is 11.8. The van der Waals surface area contributed by atoms with E-state index < -0.39 is 0 Å². The molecule has 1 aliphatic heterocycles. The lowest BCUT2D eigenvalue weighted by molar-refractivity contribution is -0.500. The highest BCUT2D eigenvalue weighted by Gasteiger charge is 2.16. The molecule has 4 nitrogen and oxygen atoms in total. The highest BCUT2D eigenvalue weighted by molar-refractivity contribution is 6.31. The third kappa shape index (κ3) is 3.17. The van der Waals surface area contributed by atoms with E-state index in [1.54, 1.807) is 0 Å². The molecule has 1 fully saturated rings. The van der Waals surface area contributed by atoms with Gasteiger partial charge in [-0.3, -0.25) is 4.79 Å². The molecule has 1 aromatic heterocycles. The molecule has 0 bridgehead atoms. The first-order valence-corrected chi connectivity index (χ1v) is 8.08. The van der Waals surface area contributed by atoms with E-state index in [2.05, 4.69) is 10.8 Å². The van der Waals surface area contributed by atoms with E-state index >= 15 is 0 Å². The molecule has 3 rings (SSSR count). The van der Waals surface area contributed by atoms with Crippen molar-refractivity contribution in [1.82, 2.24) is 4.57 Å². The van der Waals surface area contributed by atoms with E-state index in [4.69, 9.17) is 16.3 Å². The number of fused-ring (bicyclic) bond motifs is 1. The fourth-order valence-corrected chi connectivity index (χ4v) is 3.12. The Hall–Kier alpha value is -1.81. The molecule has 1 saturated heterocycles. The van der Waals surface area contributed by atoms with Gasteiger partial charge in [0, 0.05) is 35.0 Å². The molecule has 0 spiro atoms. The van der Waals surface area contributed by atoms with Gasteiger partial charge in [-0.05, 0) is 25.1 Å². The van der Waals surface area contributed by atoms with Crippen molar-refractivity contribution in [1.29, 1.82) is 0 Å². The Morgan fingerprint density at radius 1 is 1.41 bits per heavy atom. The zero-order valence-corrected chi connectivity index (χ0v) is 13.5. The maximum absolute atomic E-state index is 11.8. The second-order valence-electron chi connectivity index (χ2n) is 5.55. The molecule has 0 unspecified atom stereocenters. The van der Waals surface area contributed by atoms with Crippen LogP contribution >= 0.6 is 11.6 Å².